The van der Waals surface area contributed by atoms with Crippen LogP contribution in [0.5, 0.6) is 0 Å². The summed E-state index contributed by atoms with van der Waals surface area (Å²) in [6.07, 6.45) is -0.585. The van der Waals surface area contributed by atoms with Crippen LogP contribution in [0.25, 0.3) is 16.8 Å². The van der Waals surface area contributed by atoms with Crippen LogP contribution in [-0.4, -0.2) is 24.8 Å². The van der Waals surface area contributed by atoms with Gasteiger partial charge < -0.3 is 14.8 Å². The van der Waals surface area contributed by atoms with Gasteiger partial charge in [-0.15, -0.1) is 0 Å². The zero-order valence-electron chi connectivity index (χ0n) is 18.8. The van der Waals surface area contributed by atoms with E-state index < -0.39 is 17.4 Å². The number of halogens is 2. The van der Waals surface area contributed by atoms with Crippen molar-refractivity contribution in [3.63, 3.8) is 0 Å². The second kappa shape index (κ2) is 10.6. The fraction of sp³-hybridized carbons (Fsp3) is 0.231. The van der Waals surface area contributed by atoms with Gasteiger partial charge >= 0.3 is 6.09 Å². The van der Waals surface area contributed by atoms with Gasteiger partial charge in [-0.3, -0.25) is 0 Å². The van der Waals surface area contributed by atoms with Gasteiger partial charge in [0.05, 0.1) is 28.6 Å². The number of nitrogens with zero attached hydrogens (tertiary/aromatic N) is 1. The van der Waals surface area contributed by atoms with Crippen LogP contribution in [0.3, 0.4) is 0 Å². The minimum absolute atomic E-state index is 0.00107. The molecule has 0 aliphatic heterocycles. The molecule has 0 aliphatic carbocycles. The number of carbonyl (C=O) groups is 1. The van der Waals surface area contributed by atoms with Crippen LogP contribution in [-0.2, 0) is 21.6 Å². The Kier molecular flexibility index (Phi) is 7.84. The molecule has 1 atom stereocenters. The molecule has 0 aliphatic rings. The number of pyridine rings is 1. The van der Waals surface area contributed by atoms with Gasteiger partial charge in [0.2, 0.25) is 0 Å². The van der Waals surface area contributed by atoms with E-state index in [9.17, 15) is 9.18 Å². The van der Waals surface area contributed by atoms with E-state index in [-0.39, 0.29) is 18.2 Å². The fourth-order valence-corrected chi connectivity index (χ4v) is 3.52. The monoisotopic (exact) mass is 468 g/mol. The number of methoxy groups -OCH3 is 1. The Balaban J connectivity index is 1.94. The maximum absolute atomic E-state index is 13.7. The Morgan fingerprint density at radius 1 is 1.18 bits per heavy atom. The van der Waals surface area contributed by atoms with Gasteiger partial charge in [-0.1, -0.05) is 48.5 Å². The topological polar surface area (TPSA) is 60.5 Å². The molecule has 0 fully saturated rings. The third kappa shape index (κ3) is 6.18. The van der Waals surface area contributed by atoms with E-state index in [1.54, 1.807) is 13.2 Å². The summed E-state index contributed by atoms with van der Waals surface area (Å²) in [4.78, 5) is 17.3. The molecule has 0 saturated carbocycles. The Morgan fingerprint density at radius 2 is 1.91 bits per heavy atom. The lowest BCUT2D eigenvalue weighted by molar-refractivity contribution is 0.0926. The molecule has 0 bridgehead atoms. The van der Waals surface area contributed by atoms with Crippen molar-refractivity contribution in [2.75, 3.05) is 13.7 Å². The Hall–Kier alpha value is -3.22. The average Bonchev–Trinajstić information content (AvgIpc) is 2.80. The van der Waals surface area contributed by atoms with E-state index in [0.717, 1.165) is 16.7 Å². The van der Waals surface area contributed by atoms with Gasteiger partial charge in [0.15, 0.2) is 0 Å². The number of hydrogen-bond acceptors (Lipinski definition) is 4. The summed E-state index contributed by atoms with van der Waals surface area (Å²) in [6, 6.07) is 17.5. The van der Waals surface area contributed by atoms with Crippen molar-refractivity contribution in [3.05, 3.63) is 94.9 Å². The van der Waals surface area contributed by atoms with Crippen LogP contribution >= 0.6 is 11.6 Å². The molecule has 172 valence electrons. The van der Waals surface area contributed by atoms with Gasteiger partial charge in [0.25, 0.3) is 0 Å². The molecule has 3 rings (SSSR count). The third-order valence-electron chi connectivity index (χ3n) is 5.14. The van der Waals surface area contributed by atoms with E-state index >= 15 is 0 Å². The van der Waals surface area contributed by atoms with Crippen molar-refractivity contribution in [1.29, 1.82) is 0 Å². The first-order chi connectivity index (χ1) is 15.7. The molecule has 1 amide bonds. The minimum Gasteiger partial charge on any atom is -0.445 e. The minimum atomic E-state index is -0.936. The first-order valence-corrected chi connectivity index (χ1v) is 10.7. The number of aromatic nitrogens is 1. The van der Waals surface area contributed by atoms with E-state index in [0.29, 0.717) is 17.0 Å². The van der Waals surface area contributed by atoms with Gasteiger partial charge in [0.1, 0.15) is 12.4 Å². The smallest absolute Gasteiger partial charge is 0.408 e. The maximum atomic E-state index is 13.7. The number of allylic oxidation sites excluding steroid dienone is 1. The summed E-state index contributed by atoms with van der Waals surface area (Å²) < 4.78 is 24.5. The molecule has 3 aromatic rings. The highest BCUT2D eigenvalue weighted by atomic mass is 35.5. The van der Waals surface area contributed by atoms with E-state index in [4.69, 9.17) is 21.1 Å². The highest BCUT2D eigenvalue weighted by Crippen LogP contribution is 2.30. The number of carbonyl (C=O) groups excluding carboxylic acids is 1. The molecule has 0 saturated heterocycles. The normalized spacial score (nSPS) is 12.6. The summed E-state index contributed by atoms with van der Waals surface area (Å²) in [6.45, 7) is 7.98. The van der Waals surface area contributed by atoms with Crippen molar-refractivity contribution in [2.24, 2.45) is 0 Å². The SMILES string of the molecule is C=C(C)c1cc(C(C)(COC)NC(=O)OCc2ccccc2)cc(-c2ccc(F)c(Cl)c2)n1. The number of rotatable bonds is 8. The zero-order valence-corrected chi connectivity index (χ0v) is 19.6. The van der Waals surface area contributed by atoms with Crippen molar-refractivity contribution in [1.82, 2.24) is 10.3 Å². The lowest BCUT2D eigenvalue weighted by Crippen LogP contribution is -2.47. The molecule has 0 spiro atoms. The molecule has 1 unspecified atom stereocenters. The quantitative estimate of drug-likeness (QED) is 0.417. The first-order valence-electron chi connectivity index (χ1n) is 10.3. The first kappa shape index (κ1) is 24.4. The maximum Gasteiger partial charge on any atom is 0.408 e. The third-order valence-corrected chi connectivity index (χ3v) is 5.43. The van der Waals surface area contributed by atoms with Gasteiger partial charge in [0, 0.05) is 12.7 Å². The van der Waals surface area contributed by atoms with Crippen LogP contribution in [0.15, 0.2) is 67.2 Å². The van der Waals surface area contributed by atoms with Gasteiger partial charge in [-0.25, -0.2) is 14.2 Å². The highest BCUT2D eigenvalue weighted by molar-refractivity contribution is 6.31. The zero-order chi connectivity index (χ0) is 24.0. The van der Waals surface area contributed by atoms with Crippen molar-refractivity contribution in [3.8, 4) is 11.3 Å². The van der Waals surface area contributed by atoms with Crippen LogP contribution < -0.4 is 5.32 Å². The van der Waals surface area contributed by atoms with Crippen molar-refractivity contribution >= 4 is 23.3 Å². The molecule has 0 radical (unpaired) electrons. The van der Waals surface area contributed by atoms with Gasteiger partial charge in [-0.05, 0) is 60.9 Å². The summed E-state index contributed by atoms with van der Waals surface area (Å²) in [7, 11) is 1.55. The number of benzene rings is 2. The predicted molar refractivity (Wildman–Crippen MR) is 128 cm³/mol. The molecular formula is C26H26ClFN2O3. The summed E-state index contributed by atoms with van der Waals surface area (Å²) in [5, 5.41) is 2.92. The van der Waals surface area contributed by atoms with E-state index in [1.807, 2.05) is 56.3 Å². The Labute approximate surface area is 198 Å². The summed E-state index contributed by atoms with van der Waals surface area (Å²) in [5.41, 5.74) is 3.23. The van der Waals surface area contributed by atoms with Crippen LogP contribution in [0.2, 0.25) is 5.02 Å². The lowest BCUT2D eigenvalue weighted by atomic mass is 9.90. The highest BCUT2D eigenvalue weighted by Gasteiger charge is 2.31. The number of hydrogen-bond donors (Lipinski definition) is 1. The van der Waals surface area contributed by atoms with Crippen molar-refractivity contribution < 1.29 is 18.7 Å². The van der Waals surface area contributed by atoms with Crippen LogP contribution in [0, 0.1) is 5.82 Å². The molecule has 1 heterocycles. The number of ether oxygens (including phenoxy) is 2. The standard InChI is InChI=1S/C26H26ClFN2O3/c1-17(2)23-13-20(14-24(29-23)19-10-11-22(28)21(27)12-19)26(3,16-32-4)30-25(31)33-15-18-8-6-5-7-9-18/h5-14H,1,15-16H2,2-4H3,(H,30,31). The summed E-state index contributed by atoms with van der Waals surface area (Å²) in [5.74, 6) is -0.510. The van der Waals surface area contributed by atoms with Crippen molar-refractivity contribution in [2.45, 2.75) is 26.0 Å². The molecule has 7 heteroatoms. The number of amides is 1. The van der Waals surface area contributed by atoms with Gasteiger partial charge in [-0.2, -0.15) is 0 Å². The number of nitrogens with one attached hydrogen (secondary N) is 1. The largest absolute Gasteiger partial charge is 0.445 e. The molecule has 2 aromatic carbocycles. The second-order valence-corrected chi connectivity index (χ2v) is 8.39. The Morgan fingerprint density at radius 3 is 2.55 bits per heavy atom. The lowest BCUT2D eigenvalue weighted by Gasteiger charge is -2.31. The molecule has 33 heavy (non-hydrogen) atoms. The van der Waals surface area contributed by atoms with E-state index in [2.05, 4.69) is 16.9 Å². The van der Waals surface area contributed by atoms with E-state index in [1.165, 1.54) is 12.1 Å². The Bertz CT molecular complexity index is 1150. The second-order valence-electron chi connectivity index (χ2n) is 7.99. The van der Waals surface area contributed by atoms with Crippen LogP contribution in [0.1, 0.15) is 30.7 Å². The number of alkyl carbamates (subject to hydrolysis) is 1. The molecule has 1 aromatic heterocycles. The predicted octanol–water partition coefficient (Wildman–Crippen LogP) is 6.36. The van der Waals surface area contributed by atoms with Crippen LogP contribution in [0.4, 0.5) is 9.18 Å². The molecule has 5 nitrogen and oxygen atoms in total. The summed E-state index contributed by atoms with van der Waals surface area (Å²) >= 11 is 5.99. The fourth-order valence-electron chi connectivity index (χ4n) is 3.34. The molecule has 1 N–H and O–H groups in total. The average molecular weight is 469 g/mol. The molecular weight excluding hydrogens is 443 g/mol.